The molecule has 10 heavy (non-hydrogen) atoms. The molecule has 0 aliphatic carbocycles. The fourth-order valence-corrected chi connectivity index (χ4v) is 2.68. The van der Waals surface area contributed by atoms with Crippen LogP contribution in [-0.4, -0.2) is 11.8 Å². The molecule has 0 aliphatic rings. The lowest BCUT2D eigenvalue weighted by atomic mass is 10.5. The van der Waals surface area contributed by atoms with Gasteiger partial charge >= 0.3 is 0 Å². The van der Waals surface area contributed by atoms with Crippen molar-refractivity contribution in [3.05, 3.63) is 0 Å². The summed E-state index contributed by atoms with van der Waals surface area (Å²) in [5.41, 5.74) is 0. The van der Waals surface area contributed by atoms with Crippen LogP contribution in [0.1, 0.15) is 0 Å². The van der Waals surface area contributed by atoms with Crippen molar-refractivity contribution in [1.82, 2.24) is 0 Å². The maximum absolute atomic E-state index is 12.8. The summed E-state index contributed by atoms with van der Waals surface area (Å²) >= 11 is 13.1. The van der Waals surface area contributed by atoms with Crippen LogP contribution in [0.25, 0.3) is 0 Å². The second kappa shape index (κ2) is 3.98. The van der Waals surface area contributed by atoms with Gasteiger partial charge in [-0.05, 0) is 63.7 Å². The highest BCUT2D eigenvalue weighted by atomic mass is 79.9. The van der Waals surface area contributed by atoms with Gasteiger partial charge in [0.15, 0.2) is 0 Å². The number of halogens is 7. The van der Waals surface area contributed by atoms with Crippen LogP contribution >= 0.6 is 79.6 Å². The van der Waals surface area contributed by atoms with Crippen LogP contribution in [0.5, 0.6) is 0 Å². The third kappa shape index (κ3) is 4.33. The van der Waals surface area contributed by atoms with Crippen LogP contribution in [0.15, 0.2) is 0 Å². The maximum Gasteiger partial charge on any atom is 0.236 e. The smallest absolute Gasteiger partial charge is 0.217 e. The van der Waals surface area contributed by atoms with Crippen molar-refractivity contribution in [3.63, 3.8) is 0 Å². The van der Waals surface area contributed by atoms with E-state index in [1.54, 1.807) is 0 Å². The van der Waals surface area contributed by atoms with Crippen LogP contribution in [0.2, 0.25) is 0 Å². The van der Waals surface area contributed by atoms with Gasteiger partial charge in [-0.25, -0.2) is 8.78 Å². The zero-order valence-corrected chi connectivity index (χ0v) is 12.2. The fourth-order valence-electron chi connectivity index (χ4n) is 0.186. The first-order valence-corrected chi connectivity index (χ1v) is 6.02. The van der Waals surface area contributed by atoms with Crippen LogP contribution < -0.4 is 0 Å². The highest BCUT2D eigenvalue weighted by molar-refractivity contribution is 9.27. The SMILES string of the molecule is FC(Br)(Br)C(Br)C(F)(Br)Br. The molecule has 0 radical (unpaired) electrons. The molecule has 0 amide bonds. The van der Waals surface area contributed by atoms with Crippen molar-refractivity contribution >= 4 is 79.6 Å². The first-order valence-electron chi connectivity index (χ1n) is 1.93. The second-order valence-electron chi connectivity index (χ2n) is 1.45. The van der Waals surface area contributed by atoms with E-state index >= 15 is 0 Å². The quantitative estimate of drug-likeness (QED) is 0.514. The Balaban J connectivity index is 4.23. The maximum atomic E-state index is 12.8. The summed E-state index contributed by atoms with van der Waals surface area (Å²) in [5, 5.41) is 0. The van der Waals surface area contributed by atoms with E-state index in [1.807, 2.05) is 0 Å². The molecule has 0 aliphatic heterocycles. The van der Waals surface area contributed by atoms with Crippen molar-refractivity contribution < 1.29 is 8.78 Å². The van der Waals surface area contributed by atoms with Gasteiger partial charge in [0, 0.05) is 0 Å². The molecule has 0 N–H and O–H groups in total. The highest BCUT2D eigenvalue weighted by Crippen LogP contribution is 2.48. The molecular formula is C3HBr5F2. The molecule has 0 spiro atoms. The molecule has 0 heterocycles. The molecule has 0 atom stereocenters. The van der Waals surface area contributed by atoms with Gasteiger partial charge in [0.2, 0.25) is 6.97 Å². The Morgan fingerprint density at radius 2 is 1.10 bits per heavy atom. The van der Waals surface area contributed by atoms with Crippen molar-refractivity contribution in [3.8, 4) is 0 Å². The minimum absolute atomic E-state index is 1.09. The molecule has 0 aromatic heterocycles. The van der Waals surface area contributed by atoms with Gasteiger partial charge in [0.1, 0.15) is 4.83 Å². The first kappa shape index (κ1) is 12.3. The Kier molecular flexibility index (Phi) is 4.88. The summed E-state index contributed by atoms with van der Waals surface area (Å²) in [5.74, 6) is 0. The molecule has 0 saturated carbocycles. The van der Waals surface area contributed by atoms with E-state index in [-0.39, 0.29) is 0 Å². The Bertz CT molecular complexity index is 99.0. The summed E-state index contributed by atoms with van der Waals surface area (Å²) in [6.45, 7) is 0. The summed E-state index contributed by atoms with van der Waals surface area (Å²) in [6.07, 6.45) is 0. The number of rotatable bonds is 2. The van der Waals surface area contributed by atoms with Crippen molar-refractivity contribution in [2.24, 2.45) is 0 Å². The zero-order chi connectivity index (χ0) is 8.58. The van der Waals surface area contributed by atoms with E-state index in [0.29, 0.717) is 0 Å². The predicted molar refractivity (Wildman–Crippen MR) is 56.1 cm³/mol. The van der Waals surface area contributed by atoms with Gasteiger partial charge in [0.05, 0.1) is 0 Å². The van der Waals surface area contributed by atoms with Gasteiger partial charge in [-0.1, -0.05) is 15.9 Å². The third-order valence-corrected chi connectivity index (χ3v) is 6.13. The molecule has 0 fully saturated rings. The van der Waals surface area contributed by atoms with Gasteiger partial charge in [-0.3, -0.25) is 0 Å². The monoisotopic (exact) mass is 470 g/mol. The number of hydrogen-bond acceptors (Lipinski definition) is 0. The van der Waals surface area contributed by atoms with E-state index in [4.69, 9.17) is 0 Å². The first-order chi connectivity index (χ1) is 4.15. The van der Waals surface area contributed by atoms with E-state index in [9.17, 15) is 8.78 Å². The molecule has 62 valence electrons. The second-order valence-corrected chi connectivity index (χ2v) is 9.11. The summed E-state index contributed by atoms with van der Waals surface area (Å²) in [4.78, 5) is -1.09. The third-order valence-electron chi connectivity index (χ3n) is 0.575. The Morgan fingerprint density at radius 1 is 0.900 bits per heavy atom. The van der Waals surface area contributed by atoms with Crippen LogP contribution in [0.4, 0.5) is 8.78 Å². The molecule has 0 aromatic rings. The predicted octanol–water partition coefficient (Wildman–Crippen LogP) is 4.58. The van der Waals surface area contributed by atoms with E-state index in [0.717, 1.165) is 0 Å². The lowest BCUT2D eigenvalue weighted by Crippen LogP contribution is -2.32. The van der Waals surface area contributed by atoms with Crippen LogP contribution in [0, 0.1) is 0 Å². The normalized spacial score (nSPS) is 14.4. The molecule has 0 bridgehead atoms. The summed E-state index contributed by atoms with van der Waals surface area (Å²) in [7, 11) is 0. The Hall–Kier alpha value is 2.26. The van der Waals surface area contributed by atoms with Gasteiger partial charge in [-0.15, -0.1) is 0 Å². The summed E-state index contributed by atoms with van der Waals surface area (Å²) in [6, 6.07) is 0. The van der Waals surface area contributed by atoms with Crippen LogP contribution in [0.3, 0.4) is 0 Å². The minimum Gasteiger partial charge on any atom is -0.217 e. The molecule has 0 unspecified atom stereocenters. The molecular weight excluding hydrogens is 474 g/mol. The van der Waals surface area contributed by atoms with E-state index in [2.05, 4.69) is 79.6 Å². The van der Waals surface area contributed by atoms with Crippen molar-refractivity contribution in [2.45, 2.75) is 11.8 Å². The molecule has 0 saturated heterocycles. The average Bonchev–Trinajstić information content (AvgIpc) is 1.59. The number of hydrogen-bond donors (Lipinski definition) is 0. The highest BCUT2D eigenvalue weighted by Gasteiger charge is 2.46. The molecule has 7 heteroatoms. The molecule has 0 aromatic carbocycles. The Labute approximate surface area is 99.1 Å². The lowest BCUT2D eigenvalue weighted by Gasteiger charge is -2.23. The van der Waals surface area contributed by atoms with Gasteiger partial charge < -0.3 is 0 Å². The standard InChI is InChI=1S/C3HBr5F2/c4-1(2(5,6)9)3(7,8)10/h1H. The number of alkyl halides is 7. The zero-order valence-electron chi connectivity index (χ0n) is 4.22. The van der Waals surface area contributed by atoms with Crippen molar-refractivity contribution in [2.75, 3.05) is 0 Å². The molecule has 0 rings (SSSR count). The van der Waals surface area contributed by atoms with E-state index in [1.165, 1.54) is 0 Å². The topological polar surface area (TPSA) is 0 Å². The van der Waals surface area contributed by atoms with Crippen molar-refractivity contribution in [1.29, 1.82) is 0 Å². The lowest BCUT2D eigenvalue weighted by molar-refractivity contribution is 0.334. The fraction of sp³-hybridized carbons (Fsp3) is 1.00. The Morgan fingerprint density at radius 3 is 1.10 bits per heavy atom. The van der Waals surface area contributed by atoms with Gasteiger partial charge in [0.25, 0.3) is 0 Å². The largest absolute Gasteiger partial charge is 0.236 e. The molecule has 0 nitrogen and oxygen atoms in total. The summed E-state index contributed by atoms with van der Waals surface area (Å²) < 4.78 is 21.6. The average molecular weight is 475 g/mol. The van der Waals surface area contributed by atoms with Gasteiger partial charge in [-0.2, -0.15) is 0 Å². The minimum atomic E-state index is -1.98. The van der Waals surface area contributed by atoms with E-state index < -0.39 is 11.8 Å². The van der Waals surface area contributed by atoms with Crippen LogP contribution in [-0.2, 0) is 0 Å².